The van der Waals surface area contributed by atoms with Crippen LogP contribution in [0, 0.1) is 16.7 Å². The van der Waals surface area contributed by atoms with Crippen LogP contribution in [0.3, 0.4) is 0 Å². The lowest BCUT2D eigenvalue weighted by molar-refractivity contribution is -0.145. The molecule has 2 aliphatic rings. The van der Waals surface area contributed by atoms with Crippen molar-refractivity contribution in [2.75, 3.05) is 0 Å². The Balaban J connectivity index is 1.78. The Morgan fingerprint density at radius 3 is 2.80 bits per heavy atom. The smallest absolute Gasteiger partial charge is 0.234 e. The summed E-state index contributed by atoms with van der Waals surface area (Å²) in [4.78, 5) is 25.0. The molecule has 2 fully saturated rings. The molecule has 0 radical (unpaired) electrons. The van der Waals surface area contributed by atoms with Crippen LogP contribution in [0.1, 0.15) is 38.8 Å². The summed E-state index contributed by atoms with van der Waals surface area (Å²) in [6.07, 6.45) is 4.08. The van der Waals surface area contributed by atoms with Gasteiger partial charge in [0.05, 0.1) is 12.2 Å². The molecule has 1 N–H and O–H groups in total. The molecule has 1 aromatic heterocycles. The van der Waals surface area contributed by atoms with Gasteiger partial charge in [-0.15, -0.1) is 0 Å². The topological polar surface area (TPSA) is 64.0 Å². The third-order valence-electron chi connectivity index (χ3n) is 5.48. The van der Waals surface area contributed by atoms with Crippen molar-refractivity contribution in [1.82, 2.24) is 15.1 Å². The highest BCUT2D eigenvalue weighted by molar-refractivity contribution is 6.09. The molecule has 1 heterocycles. The van der Waals surface area contributed by atoms with E-state index in [2.05, 4.69) is 24.3 Å². The molecule has 0 aromatic carbocycles. The molecular weight excluding hydrogens is 254 g/mol. The van der Waals surface area contributed by atoms with Gasteiger partial charge < -0.3 is 5.32 Å². The van der Waals surface area contributed by atoms with E-state index in [-0.39, 0.29) is 17.1 Å². The van der Waals surface area contributed by atoms with E-state index >= 15 is 0 Å². The maximum absolute atomic E-state index is 12.7. The molecule has 0 aliphatic heterocycles. The SMILES string of the molecule is Cn1ccc(CNC(=O)C23CCC(CC2=O)C3(C)C)n1. The number of hydrogen-bond donors (Lipinski definition) is 1. The molecule has 1 aromatic rings. The number of hydrogen-bond acceptors (Lipinski definition) is 3. The number of aryl methyl sites for hydroxylation is 1. The summed E-state index contributed by atoms with van der Waals surface area (Å²) in [6, 6.07) is 1.87. The number of aromatic nitrogens is 2. The van der Waals surface area contributed by atoms with Crippen LogP contribution in [0.4, 0.5) is 0 Å². The second-order valence-corrected chi connectivity index (χ2v) is 6.65. The van der Waals surface area contributed by atoms with E-state index in [1.54, 1.807) is 4.68 Å². The van der Waals surface area contributed by atoms with Crippen molar-refractivity contribution >= 4 is 11.7 Å². The monoisotopic (exact) mass is 275 g/mol. The number of carbonyl (C=O) groups is 2. The minimum absolute atomic E-state index is 0.113. The first-order valence-corrected chi connectivity index (χ1v) is 7.18. The van der Waals surface area contributed by atoms with Crippen LogP contribution < -0.4 is 5.32 Å². The fraction of sp³-hybridized carbons (Fsp3) is 0.667. The first-order valence-electron chi connectivity index (χ1n) is 7.18. The Hall–Kier alpha value is -1.65. The van der Waals surface area contributed by atoms with Crippen LogP contribution in [0.2, 0.25) is 0 Å². The minimum atomic E-state index is -0.813. The van der Waals surface area contributed by atoms with Crippen LogP contribution in [0.25, 0.3) is 0 Å². The van der Waals surface area contributed by atoms with E-state index in [1.165, 1.54) is 0 Å². The zero-order valence-corrected chi connectivity index (χ0v) is 12.3. The molecule has 2 bridgehead atoms. The van der Waals surface area contributed by atoms with Crippen LogP contribution in [0.5, 0.6) is 0 Å². The summed E-state index contributed by atoms with van der Waals surface area (Å²) >= 11 is 0. The summed E-state index contributed by atoms with van der Waals surface area (Å²) in [6.45, 7) is 4.52. The van der Waals surface area contributed by atoms with Gasteiger partial charge in [-0.1, -0.05) is 13.8 Å². The number of Topliss-reactive ketones (excluding diaryl/α,β-unsaturated/α-hetero) is 1. The molecule has 2 saturated carbocycles. The summed E-state index contributed by atoms with van der Waals surface area (Å²) in [5, 5.41) is 7.16. The number of rotatable bonds is 3. The largest absolute Gasteiger partial charge is 0.349 e. The quantitative estimate of drug-likeness (QED) is 0.849. The maximum atomic E-state index is 12.7. The molecule has 3 rings (SSSR count). The van der Waals surface area contributed by atoms with E-state index in [1.807, 2.05) is 19.3 Å². The molecule has 5 heteroatoms. The Kier molecular flexibility index (Phi) is 2.78. The zero-order valence-electron chi connectivity index (χ0n) is 12.3. The summed E-state index contributed by atoms with van der Waals surface area (Å²) in [7, 11) is 1.84. The molecule has 5 nitrogen and oxygen atoms in total. The van der Waals surface area contributed by atoms with Crippen molar-refractivity contribution in [1.29, 1.82) is 0 Å². The van der Waals surface area contributed by atoms with Gasteiger partial charge in [-0.2, -0.15) is 5.10 Å². The third-order valence-corrected chi connectivity index (χ3v) is 5.48. The van der Waals surface area contributed by atoms with E-state index in [0.717, 1.165) is 12.1 Å². The highest BCUT2D eigenvalue weighted by Gasteiger charge is 2.67. The molecule has 20 heavy (non-hydrogen) atoms. The lowest BCUT2D eigenvalue weighted by atomic mass is 9.68. The fourth-order valence-electron chi connectivity index (χ4n) is 4.09. The first kappa shape index (κ1) is 13.3. The van der Waals surface area contributed by atoms with Crippen molar-refractivity contribution < 1.29 is 9.59 Å². The van der Waals surface area contributed by atoms with Crippen LogP contribution in [-0.2, 0) is 23.2 Å². The van der Waals surface area contributed by atoms with E-state index in [0.29, 0.717) is 25.3 Å². The first-order chi connectivity index (χ1) is 9.38. The van der Waals surface area contributed by atoms with Crippen LogP contribution in [-0.4, -0.2) is 21.5 Å². The number of nitrogens with one attached hydrogen (secondary N) is 1. The van der Waals surface area contributed by atoms with Gasteiger partial charge in [-0.05, 0) is 30.2 Å². The van der Waals surface area contributed by atoms with Gasteiger partial charge in [0.15, 0.2) is 0 Å². The second-order valence-electron chi connectivity index (χ2n) is 6.65. The standard InChI is InChI=1S/C15H21N3O2/c1-14(2)10-4-6-15(14,12(19)8-10)13(20)16-9-11-5-7-18(3)17-11/h5,7,10H,4,6,8-9H2,1-3H3,(H,16,20). The zero-order chi connectivity index (χ0) is 14.5. The molecular formula is C15H21N3O2. The molecule has 1 amide bonds. The molecule has 2 unspecified atom stereocenters. The number of amides is 1. The van der Waals surface area contributed by atoms with Gasteiger partial charge in [0.1, 0.15) is 11.2 Å². The number of nitrogens with zero attached hydrogens (tertiary/aromatic N) is 2. The second kappa shape index (κ2) is 4.17. The highest BCUT2D eigenvalue weighted by atomic mass is 16.2. The van der Waals surface area contributed by atoms with E-state index in [4.69, 9.17) is 0 Å². The predicted octanol–water partition coefficient (Wildman–Crippen LogP) is 1.43. The predicted molar refractivity (Wildman–Crippen MR) is 73.6 cm³/mol. The molecule has 0 spiro atoms. The Bertz CT molecular complexity index is 575. The normalized spacial score (nSPS) is 30.8. The van der Waals surface area contributed by atoms with Crippen molar-refractivity contribution in [3.63, 3.8) is 0 Å². The lowest BCUT2D eigenvalue weighted by Gasteiger charge is -2.34. The van der Waals surface area contributed by atoms with Gasteiger partial charge in [0.2, 0.25) is 5.91 Å². The average Bonchev–Trinajstić information content (AvgIpc) is 2.96. The number of carbonyl (C=O) groups excluding carboxylic acids is 2. The summed E-state index contributed by atoms with van der Waals surface area (Å²) in [5.41, 5.74) is -0.222. The van der Waals surface area contributed by atoms with E-state index in [9.17, 15) is 9.59 Å². The van der Waals surface area contributed by atoms with Crippen molar-refractivity contribution in [2.24, 2.45) is 23.8 Å². The summed E-state index contributed by atoms with van der Waals surface area (Å²) in [5.74, 6) is 0.367. The molecule has 2 atom stereocenters. The lowest BCUT2D eigenvalue weighted by Crippen LogP contribution is -2.49. The van der Waals surface area contributed by atoms with Crippen molar-refractivity contribution in [3.05, 3.63) is 18.0 Å². The van der Waals surface area contributed by atoms with Gasteiger partial charge in [-0.25, -0.2) is 0 Å². The fourth-order valence-corrected chi connectivity index (χ4v) is 4.09. The molecule has 2 aliphatic carbocycles. The number of ketones is 1. The van der Waals surface area contributed by atoms with Crippen molar-refractivity contribution in [2.45, 2.75) is 39.7 Å². The number of fused-ring (bicyclic) bond motifs is 2. The Morgan fingerprint density at radius 1 is 1.55 bits per heavy atom. The molecule has 0 saturated heterocycles. The highest BCUT2D eigenvalue weighted by Crippen LogP contribution is 2.63. The van der Waals surface area contributed by atoms with Gasteiger partial charge in [-0.3, -0.25) is 14.3 Å². The maximum Gasteiger partial charge on any atom is 0.234 e. The van der Waals surface area contributed by atoms with Crippen LogP contribution in [0.15, 0.2) is 12.3 Å². The van der Waals surface area contributed by atoms with E-state index < -0.39 is 5.41 Å². The molecule has 108 valence electrons. The summed E-state index contributed by atoms with van der Waals surface area (Å²) < 4.78 is 1.70. The Labute approximate surface area is 118 Å². The minimum Gasteiger partial charge on any atom is -0.349 e. The van der Waals surface area contributed by atoms with Gasteiger partial charge in [0, 0.05) is 19.7 Å². The van der Waals surface area contributed by atoms with Gasteiger partial charge in [0.25, 0.3) is 0 Å². The van der Waals surface area contributed by atoms with Crippen LogP contribution >= 0.6 is 0 Å². The Morgan fingerprint density at radius 2 is 2.30 bits per heavy atom. The third kappa shape index (κ3) is 1.58. The average molecular weight is 275 g/mol. The van der Waals surface area contributed by atoms with Crippen molar-refractivity contribution in [3.8, 4) is 0 Å². The van der Waals surface area contributed by atoms with Gasteiger partial charge >= 0.3 is 0 Å².